The molecule has 0 unspecified atom stereocenters. The van der Waals surface area contributed by atoms with E-state index >= 15 is 0 Å². The Balaban J connectivity index is 1.66. The summed E-state index contributed by atoms with van der Waals surface area (Å²) in [6.45, 7) is 2.27. The fourth-order valence-corrected chi connectivity index (χ4v) is 4.02. The quantitative estimate of drug-likeness (QED) is 0.206. The molecule has 0 N–H and O–H groups in total. The Labute approximate surface area is 183 Å². The number of carbonyl (C=O) groups is 1. The summed E-state index contributed by atoms with van der Waals surface area (Å²) in [5, 5.41) is 2.06. The van der Waals surface area contributed by atoms with Gasteiger partial charge in [0.05, 0.1) is 14.2 Å². The van der Waals surface area contributed by atoms with Crippen molar-refractivity contribution >= 4 is 16.6 Å². The largest absolute Gasteiger partial charge is 0.493 e. The van der Waals surface area contributed by atoms with Crippen molar-refractivity contribution in [3.8, 4) is 11.5 Å². The normalized spacial score (nSPS) is 11.0. The van der Waals surface area contributed by atoms with Gasteiger partial charge in [0.1, 0.15) is 0 Å². The molecule has 0 bridgehead atoms. The average molecular weight is 413 g/mol. The number of methoxy groups -OCH3 is 2. The summed E-state index contributed by atoms with van der Waals surface area (Å²) >= 11 is 0. The lowest BCUT2D eigenvalue weighted by atomic mass is 10.00. The van der Waals surface area contributed by atoms with Gasteiger partial charge in [-0.1, -0.05) is 89.7 Å². The van der Waals surface area contributed by atoms with Crippen LogP contribution in [0.15, 0.2) is 30.3 Å². The van der Waals surface area contributed by atoms with Gasteiger partial charge >= 0.3 is 0 Å². The number of fused-ring (bicyclic) bond motifs is 1. The van der Waals surface area contributed by atoms with Crippen LogP contribution in [0.1, 0.15) is 101 Å². The number of ether oxygens (including phenoxy) is 2. The van der Waals surface area contributed by atoms with Crippen LogP contribution in [0.25, 0.3) is 10.8 Å². The Bertz CT molecular complexity index is 766. The van der Waals surface area contributed by atoms with Crippen LogP contribution in [0.5, 0.6) is 11.5 Å². The van der Waals surface area contributed by atoms with Crippen LogP contribution in [0.2, 0.25) is 0 Å². The highest BCUT2D eigenvalue weighted by molar-refractivity contribution is 6.00. The minimum absolute atomic E-state index is 0.235. The maximum Gasteiger partial charge on any atom is 0.162 e. The van der Waals surface area contributed by atoms with E-state index in [2.05, 4.69) is 6.92 Å². The number of benzene rings is 2. The Morgan fingerprint density at radius 1 is 0.667 bits per heavy atom. The minimum Gasteiger partial charge on any atom is -0.493 e. The van der Waals surface area contributed by atoms with Gasteiger partial charge in [-0.2, -0.15) is 0 Å². The summed E-state index contributed by atoms with van der Waals surface area (Å²) < 4.78 is 10.7. The lowest BCUT2D eigenvalue weighted by Crippen LogP contribution is -1.99. The zero-order valence-corrected chi connectivity index (χ0v) is 19.3. The van der Waals surface area contributed by atoms with Crippen molar-refractivity contribution in [1.82, 2.24) is 0 Å². The molecule has 0 amide bonds. The molecule has 0 aliphatic carbocycles. The van der Waals surface area contributed by atoms with Gasteiger partial charge < -0.3 is 9.47 Å². The van der Waals surface area contributed by atoms with E-state index in [1.807, 2.05) is 30.3 Å². The molecule has 0 spiro atoms. The molecule has 0 aliphatic heterocycles. The van der Waals surface area contributed by atoms with Gasteiger partial charge in [-0.3, -0.25) is 4.79 Å². The molecule has 0 radical (unpaired) electrons. The van der Waals surface area contributed by atoms with Gasteiger partial charge in [0, 0.05) is 12.0 Å². The first-order valence-electron chi connectivity index (χ1n) is 11.9. The highest BCUT2D eigenvalue weighted by Crippen LogP contribution is 2.32. The predicted octanol–water partition coefficient (Wildman–Crippen LogP) is 8.13. The van der Waals surface area contributed by atoms with Crippen LogP contribution in [-0.4, -0.2) is 20.0 Å². The minimum atomic E-state index is 0.235. The van der Waals surface area contributed by atoms with E-state index in [-0.39, 0.29) is 5.78 Å². The summed E-state index contributed by atoms with van der Waals surface area (Å²) in [4.78, 5) is 12.6. The van der Waals surface area contributed by atoms with E-state index in [9.17, 15) is 4.79 Å². The van der Waals surface area contributed by atoms with Gasteiger partial charge in [0.25, 0.3) is 0 Å². The fourth-order valence-electron chi connectivity index (χ4n) is 4.02. The van der Waals surface area contributed by atoms with Crippen molar-refractivity contribution in [3.63, 3.8) is 0 Å². The van der Waals surface area contributed by atoms with Gasteiger partial charge in [0.15, 0.2) is 17.3 Å². The summed E-state index contributed by atoms with van der Waals surface area (Å²) in [7, 11) is 3.27. The first kappa shape index (κ1) is 24.2. The third kappa shape index (κ3) is 8.01. The Morgan fingerprint density at radius 3 is 1.70 bits per heavy atom. The number of hydrogen-bond donors (Lipinski definition) is 0. The summed E-state index contributed by atoms with van der Waals surface area (Å²) in [6.07, 6.45) is 16.4. The van der Waals surface area contributed by atoms with E-state index in [0.717, 1.165) is 29.2 Å². The predicted molar refractivity (Wildman–Crippen MR) is 127 cm³/mol. The molecule has 0 fully saturated rings. The van der Waals surface area contributed by atoms with Crippen LogP contribution in [-0.2, 0) is 0 Å². The van der Waals surface area contributed by atoms with Crippen molar-refractivity contribution in [2.24, 2.45) is 0 Å². The summed E-state index contributed by atoms with van der Waals surface area (Å²) in [5.74, 6) is 1.63. The molecule has 3 heteroatoms. The molecular formula is C27H40O3. The standard InChI is InChI=1S/C27H40O3/c1-4-5-6-7-8-9-10-11-12-13-14-15-16-25(28)23-18-17-22-20-26(29-2)27(30-3)21-24(22)19-23/h17-21H,4-16H2,1-3H3. The number of ketones is 1. The molecule has 2 rings (SSSR count). The highest BCUT2D eigenvalue weighted by atomic mass is 16.5. The zero-order chi connectivity index (χ0) is 21.6. The van der Waals surface area contributed by atoms with Crippen LogP contribution in [0.4, 0.5) is 0 Å². The van der Waals surface area contributed by atoms with Crippen LogP contribution in [0, 0.1) is 0 Å². The van der Waals surface area contributed by atoms with Gasteiger partial charge in [-0.15, -0.1) is 0 Å². The summed E-state index contributed by atoms with van der Waals surface area (Å²) in [6, 6.07) is 9.78. The van der Waals surface area contributed by atoms with Crippen molar-refractivity contribution in [3.05, 3.63) is 35.9 Å². The first-order valence-corrected chi connectivity index (χ1v) is 11.9. The van der Waals surface area contributed by atoms with Gasteiger partial charge in [-0.25, -0.2) is 0 Å². The molecule has 30 heavy (non-hydrogen) atoms. The van der Waals surface area contributed by atoms with Crippen LogP contribution < -0.4 is 9.47 Å². The molecule has 166 valence electrons. The van der Waals surface area contributed by atoms with E-state index < -0.39 is 0 Å². The molecule has 0 aliphatic rings. The molecule has 0 heterocycles. The van der Waals surface area contributed by atoms with Crippen molar-refractivity contribution in [2.45, 2.75) is 90.4 Å². The second-order valence-electron chi connectivity index (χ2n) is 8.33. The Morgan fingerprint density at radius 2 is 1.17 bits per heavy atom. The lowest BCUT2D eigenvalue weighted by molar-refractivity contribution is 0.0979. The van der Waals surface area contributed by atoms with E-state index in [1.54, 1.807) is 14.2 Å². The molecule has 0 saturated carbocycles. The number of unbranched alkanes of at least 4 members (excludes halogenated alkanes) is 11. The van der Waals surface area contributed by atoms with Crippen LogP contribution >= 0.6 is 0 Å². The second kappa shape index (κ2) is 14.1. The SMILES string of the molecule is CCCCCCCCCCCCCCC(=O)c1ccc2cc(OC)c(OC)cc2c1. The maximum atomic E-state index is 12.6. The maximum absolute atomic E-state index is 12.6. The van der Waals surface area contributed by atoms with E-state index in [4.69, 9.17) is 9.47 Å². The van der Waals surface area contributed by atoms with E-state index in [1.165, 1.54) is 64.2 Å². The molecule has 3 nitrogen and oxygen atoms in total. The van der Waals surface area contributed by atoms with Crippen LogP contribution in [0.3, 0.4) is 0 Å². The number of Topliss-reactive ketones (excluding diaryl/α,β-unsaturated/α-hetero) is 1. The van der Waals surface area contributed by atoms with Gasteiger partial charge in [-0.05, 0) is 35.4 Å². The molecular weight excluding hydrogens is 372 g/mol. The molecule has 2 aromatic rings. The number of carbonyl (C=O) groups excluding carboxylic acids is 1. The zero-order valence-electron chi connectivity index (χ0n) is 19.3. The van der Waals surface area contributed by atoms with Gasteiger partial charge in [0.2, 0.25) is 0 Å². The van der Waals surface area contributed by atoms with Crippen molar-refractivity contribution in [1.29, 1.82) is 0 Å². The third-order valence-corrected chi connectivity index (χ3v) is 5.92. The monoisotopic (exact) mass is 412 g/mol. The number of hydrogen-bond acceptors (Lipinski definition) is 3. The van der Waals surface area contributed by atoms with Crippen molar-refractivity contribution < 1.29 is 14.3 Å². The molecule has 0 saturated heterocycles. The average Bonchev–Trinajstić information content (AvgIpc) is 2.78. The topological polar surface area (TPSA) is 35.5 Å². The Kier molecular flexibility index (Phi) is 11.4. The fraction of sp³-hybridized carbons (Fsp3) is 0.593. The molecule has 0 atom stereocenters. The molecule has 2 aromatic carbocycles. The Hall–Kier alpha value is -2.03. The smallest absolute Gasteiger partial charge is 0.162 e. The second-order valence-corrected chi connectivity index (χ2v) is 8.33. The highest BCUT2D eigenvalue weighted by Gasteiger charge is 2.10. The summed E-state index contributed by atoms with van der Waals surface area (Å²) in [5.41, 5.74) is 0.790. The lowest BCUT2D eigenvalue weighted by Gasteiger charge is -2.10. The number of rotatable bonds is 16. The third-order valence-electron chi connectivity index (χ3n) is 5.92. The first-order chi connectivity index (χ1) is 14.7. The van der Waals surface area contributed by atoms with Crippen molar-refractivity contribution in [2.75, 3.05) is 14.2 Å². The molecule has 0 aromatic heterocycles. The van der Waals surface area contributed by atoms with E-state index in [0.29, 0.717) is 17.9 Å².